The summed E-state index contributed by atoms with van der Waals surface area (Å²) in [5, 5.41) is 13.2. The fraction of sp³-hybridized carbons (Fsp3) is 0.222. The number of carbonyl (C=O) groups excluding carboxylic acids is 2. The smallest absolute Gasteiger partial charge is 0.309 e. The lowest BCUT2D eigenvalue weighted by Crippen LogP contribution is -2.21. The fourth-order valence-corrected chi connectivity index (χ4v) is 2.29. The molecule has 0 aromatic heterocycles. The zero-order chi connectivity index (χ0) is 19.8. The van der Waals surface area contributed by atoms with Gasteiger partial charge < -0.3 is 14.8 Å². The van der Waals surface area contributed by atoms with Gasteiger partial charge in [0.25, 0.3) is 11.6 Å². The Balaban J connectivity index is 1.74. The molecular weight excluding hydrogens is 376 g/mol. The molecule has 2 rings (SSSR count). The number of nitro benzene ring substituents is 1. The van der Waals surface area contributed by atoms with Gasteiger partial charge in [-0.05, 0) is 36.8 Å². The number of nitro groups is 1. The van der Waals surface area contributed by atoms with Gasteiger partial charge in [0, 0.05) is 11.8 Å². The number of benzene rings is 2. The molecule has 1 amide bonds. The highest BCUT2D eigenvalue weighted by atomic mass is 35.5. The van der Waals surface area contributed by atoms with Crippen LogP contribution in [0.3, 0.4) is 0 Å². The van der Waals surface area contributed by atoms with Gasteiger partial charge in [0.05, 0.1) is 18.0 Å². The summed E-state index contributed by atoms with van der Waals surface area (Å²) in [5.74, 6) is -0.579. The number of nitrogens with zero attached hydrogens (tertiary/aromatic N) is 1. The lowest BCUT2D eigenvalue weighted by Gasteiger charge is -2.08. The van der Waals surface area contributed by atoms with Crippen molar-refractivity contribution in [3.8, 4) is 5.75 Å². The topological polar surface area (TPSA) is 108 Å². The summed E-state index contributed by atoms with van der Waals surface area (Å²) in [6.07, 6.45) is -0.0202. The molecule has 0 aliphatic carbocycles. The molecule has 2 aromatic rings. The zero-order valence-electron chi connectivity index (χ0n) is 14.4. The van der Waals surface area contributed by atoms with Crippen molar-refractivity contribution in [3.05, 3.63) is 63.2 Å². The van der Waals surface area contributed by atoms with Crippen molar-refractivity contribution < 1.29 is 24.0 Å². The third-order valence-corrected chi connectivity index (χ3v) is 3.67. The first-order chi connectivity index (χ1) is 12.8. The largest absolute Gasteiger partial charge is 0.493 e. The van der Waals surface area contributed by atoms with Gasteiger partial charge in [0.15, 0.2) is 6.61 Å². The molecule has 0 bridgehead atoms. The van der Waals surface area contributed by atoms with E-state index in [2.05, 4.69) is 5.32 Å². The molecule has 142 valence electrons. The minimum absolute atomic E-state index is 0.0202. The third-order valence-electron chi connectivity index (χ3n) is 3.36. The molecule has 0 aliphatic rings. The number of rotatable bonds is 8. The molecule has 9 heteroatoms. The Kier molecular flexibility index (Phi) is 7.13. The van der Waals surface area contributed by atoms with E-state index in [9.17, 15) is 19.7 Å². The summed E-state index contributed by atoms with van der Waals surface area (Å²) in [5.41, 5.74) is 0.879. The van der Waals surface area contributed by atoms with E-state index >= 15 is 0 Å². The summed E-state index contributed by atoms with van der Waals surface area (Å²) in [6.45, 7) is 1.53. The lowest BCUT2D eigenvalue weighted by atomic mass is 10.2. The summed E-state index contributed by atoms with van der Waals surface area (Å²) >= 11 is 5.70. The first-order valence-electron chi connectivity index (χ1n) is 7.94. The van der Waals surface area contributed by atoms with Crippen LogP contribution in [0.1, 0.15) is 12.0 Å². The van der Waals surface area contributed by atoms with E-state index in [1.165, 1.54) is 12.1 Å². The number of esters is 1. The first kappa shape index (κ1) is 20.2. The molecule has 0 heterocycles. The van der Waals surface area contributed by atoms with Gasteiger partial charge in [-0.1, -0.05) is 23.7 Å². The molecule has 1 N–H and O–H groups in total. The van der Waals surface area contributed by atoms with Crippen LogP contribution in [0.25, 0.3) is 0 Å². The molecular formula is C18H17ClN2O6. The molecule has 0 aliphatic heterocycles. The van der Waals surface area contributed by atoms with Crippen molar-refractivity contribution in [2.24, 2.45) is 0 Å². The predicted molar refractivity (Wildman–Crippen MR) is 99.0 cm³/mol. The average molecular weight is 393 g/mol. The molecule has 0 radical (unpaired) electrons. The van der Waals surface area contributed by atoms with Crippen LogP contribution < -0.4 is 10.1 Å². The Bertz CT molecular complexity index is 855. The second-order valence-corrected chi connectivity index (χ2v) is 5.95. The SMILES string of the molecule is Cc1cccc(OCCC(=O)OCC(=O)Nc2ccc(Cl)c([N+](=O)[O-])c2)c1. The highest BCUT2D eigenvalue weighted by Crippen LogP contribution is 2.27. The normalized spacial score (nSPS) is 10.1. The highest BCUT2D eigenvalue weighted by molar-refractivity contribution is 6.32. The zero-order valence-corrected chi connectivity index (χ0v) is 15.2. The Morgan fingerprint density at radius 1 is 1.22 bits per heavy atom. The Morgan fingerprint density at radius 2 is 2.00 bits per heavy atom. The Morgan fingerprint density at radius 3 is 2.70 bits per heavy atom. The minimum atomic E-state index is -0.660. The second-order valence-electron chi connectivity index (χ2n) is 5.55. The van der Waals surface area contributed by atoms with E-state index in [1.807, 2.05) is 25.1 Å². The summed E-state index contributed by atoms with van der Waals surface area (Å²) in [7, 11) is 0. The molecule has 8 nitrogen and oxygen atoms in total. The third kappa shape index (κ3) is 6.59. The minimum Gasteiger partial charge on any atom is -0.493 e. The maximum absolute atomic E-state index is 11.8. The number of ether oxygens (including phenoxy) is 2. The highest BCUT2D eigenvalue weighted by Gasteiger charge is 2.14. The molecule has 2 aromatic carbocycles. The lowest BCUT2D eigenvalue weighted by molar-refractivity contribution is -0.384. The monoisotopic (exact) mass is 392 g/mol. The number of hydrogen-bond acceptors (Lipinski definition) is 6. The van der Waals surface area contributed by atoms with Gasteiger partial charge >= 0.3 is 5.97 Å². The standard InChI is InChI=1S/C18H17ClN2O6/c1-12-3-2-4-14(9-12)26-8-7-18(23)27-11-17(22)20-13-5-6-15(19)16(10-13)21(24)25/h2-6,9-10H,7-8,11H2,1H3,(H,20,22). The van der Waals surface area contributed by atoms with Gasteiger partial charge in [-0.15, -0.1) is 0 Å². The van der Waals surface area contributed by atoms with Gasteiger partial charge in [0.2, 0.25) is 0 Å². The van der Waals surface area contributed by atoms with Crippen molar-refractivity contribution in [2.45, 2.75) is 13.3 Å². The number of carbonyl (C=O) groups is 2. The number of anilines is 1. The number of nitrogens with one attached hydrogen (secondary N) is 1. The summed E-state index contributed by atoms with van der Waals surface area (Å²) in [6, 6.07) is 11.2. The van der Waals surface area contributed by atoms with Crippen LogP contribution in [0.15, 0.2) is 42.5 Å². The van der Waals surface area contributed by atoms with Crippen LogP contribution in [0.4, 0.5) is 11.4 Å². The van der Waals surface area contributed by atoms with Crippen molar-refractivity contribution in [1.29, 1.82) is 0 Å². The first-order valence-corrected chi connectivity index (χ1v) is 8.32. The van der Waals surface area contributed by atoms with Crippen LogP contribution in [-0.2, 0) is 14.3 Å². The molecule has 0 unspecified atom stereocenters. The Labute approximate surface area is 160 Å². The van der Waals surface area contributed by atoms with E-state index in [-0.39, 0.29) is 29.4 Å². The van der Waals surface area contributed by atoms with Gasteiger partial charge in [-0.3, -0.25) is 19.7 Å². The van der Waals surface area contributed by atoms with E-state index in [0.717, 1.165) is 11.6 Å². The van der Waals surface area contributed by atoms with E-state index in [0.29, 0.717) is 5.75 Å². The Hall–Kier alpha value is -3.13. The van der Waals surface area contributed by atoms with Crippen LogP contribution >= 0.6 is 11.6 Å². The number of amides is 1. The molecule has 0 atom stereocenters. The molecule has 0 fully saturated rings. The number of hydrogen-bond donors (Lipinski definition) is 1. The van der Waals surface area contributed by atoms with Crippen molar-refractivity contribution in [2.75, 3.05) is 18.5 Å². The number of aryl methyl sites for hydroxylation is 1. The van der Waals surface area contributed by atoms with Crippen molar-refractivity contribution >= 4 is 34.9 Å². The maximum atomic E-state index is 11.8. The van der Waals surface area contributed by atoms with Crippen LogP contribution in [0.2, 0.25) is 5.02 Å². The fourth-order valence-electron chi connectivity index (χ4n) is 2.10. The van der Waals surface area contributed by atoms with Crippen LogP contribution in [0, 0.1) is 17.0 Å². The van der Waals surface area contributed by atoms with Gasteiger partial charge in [0.1, 0.15) is 10.8 Å². The van der Waals surface area contributed by atoms with E-state index < -0.39 is 23.4 Å². The van der Waals surface area contributed by atoms with Gasteiger partial charge in [-0.25, -0.2) is 0 Å². The molecule has 0 saturated heterocycles. The summed E-state index contributed by atoms with van der Waals surface area (Å²) < 4.78 is 10.3. The average Bonchev–Trinajstić information content (AvgIpc) is 2.61. The molecule has 0 spiro atoms. The second kappa shape index (κ2) is 9.54. The van der Waals surface area contributed by atoms with E-state index in [1.54, 1.807) is 6.07 Å². The quantitative estimate of drug-likeness (QED) is 0.418. The van der Waals surface area contributed by atoms with Crippen LogP contribution in [-0.4, -0.2) is 30.0 Å². The van der Waals surface area contributed by atoms with Crippen molar-refractivity contribution in [1.82, 2.24) is 0 Å². The molecule has 27 heavy (non-hydrogen) atoms. The predicted octanol–water partition coefficient (Wildman–Crippen LogP) is 3.51. The number of halogens is 1. The van der Waals surface area contributed by atoms with E-state index in [4.69, 9.17) is 21.1 Å². The van der Waals surface area contributed by atoms with Crippen LogP contribution in [0.5, 0.6) is 5.75 Å². The maximum Gasteiger partial charge on any atom is 0.309 e. The van der Waals surface area contributed by atoms with Gasteiger partial charge in [-0.2, -0.15) is 0 Å². The molecule has 0 saturated carbocycles. The summed E-state index contributed by atoms with van der Waals surface area (Å²) in [4.78, 5) is 33.6. The van der Waals surface area contributed by atoms with Crippen molar-refractivity contribution in [3.63, 3.8) is 0 Å².